The molecular weight excluding hydrogens is 473 g/mol. The molecule has 0 amide bonds. The average Bonchev–Trinajstić information content (AvgIpc) is 3.45. The van der Waals surface area contributed by atoms with E-state index in [-0.39, 0.29) is 36.9 Å². The summed E-state index contributed by atoms with van der Waals surface area (Å²) in [6, 6.07) is 9.80. The van der Waals surface area contributed by atoms with E-state index in [0.29, 0.717) is 6.54 Å². The highest BCUT2D eigenvalue weighted by Gasteiger charge is 2.16. The second-order valence-corrected chi connectivity index (χ2v) is 6.62. The van der Waals surface area contributed by atoms with Gasteiger partial charge in [-0.15, -0.1) is 24.0 Å². The maximum absolute atomic E-state index is 5.69. The van der Waals surface area contributed by atoms with Gasteiger partial charge in [0.2, 0.25) is 6.79 Å². The molecule has 28 heavy (non-hydrogen) atoms. The van der Waals surface area contributed by atoms with Gasteiger partial charge < -0.3 is 29.3 Å². The van der Waals surface area contributed by atoms with Crippen LogP contribution in [0.25, 0.3) is 0 Å². The van der Waals surface area contributed by atoms with Gasteiger partial charge >= 0.3 is 0 Å². The van der Waals surface area contributed by atoms with Crippen LogP contribution in [0.2, 0.25) is 0 Å². The van der Waals surface area contributed by atoms with Crippen molar-refractivity contribution in [1.82, 2.24) is 10.6 Å². The predicted molar refractivity (Wildman–Crippen MR) is 117 cm³/mol. The normalized spacial score (nSPS) is 18.0. The maximum Gasteiger partial charge on any atom is 0.231 e. The number of halogens is 1. The summed E-state index contributed by atoms with van der Waals surface area (Å²) in [5, 5.41) is 6.76. The second-order valence-electron chi connectivity index (χ2n) is 6.62. The first kappa shape index (κ1) is 20.8. The third-order valence-electron chi connectivity index (χ3n) is 4.62. The number of benzene rings is 1. The molecule has 0 aliphatic carbocycles. The fraction of sp³-hybridized carbons (Fsp3) is 0.450. The smallest absolute Gasteiger partial charge is 0.231 e. The van der Waals surface area contributed by atoms with Crippen LogP contribution < -0.4 is 20.1 Å². The largest absolute Gasteiger partial charge is 0.469 e. The van der Waals surface area contributed by atoms with E-state index < -0.39 is 0 Å². The highest BCUT2D eigenvalue weighted by molar-refractivity contribution is 14.0. The topological polar surface area (TPSA) is 77.3 Å². The van der Waals surface area contributed by atoms with Crippen LogP contribution in [0.4, 0.5) is 0 Å². The van der Waals surface area contributed by atoms with Crippen LogP contribution in [-0.4, -0.2) is 38.6 Å². The summed E-state index contributed by atoms with van der Waals surface area (Å²) < 4.78 is 21.9. The van der Waals surface area contributed by atoms with Gasteiger partial charge in [-0.25, -0.2) is 4.99 Å². The van der Waals surface area contributed by atoms with Crippen LogP contribution >= 0.6 is 24.0 Å². The summed E-state index contributed by atoms with van der Waals surface area (Å²) in [5.41, 5.74) is 1.07. The van der Waals surface area contributed by atoms with E-state index in [1.807, 2.05) is 30.3 Å². The first-order valence-corrected chi connectivity index (χ1v) is 9.41. The van der Waals surface area contributed by atoms with E-state index in [2.05, 4.69) is 10.6 Å². The van der Waals surface area contributed by atoms with Gasteiger partial charge in [-0.1, -0.05) is 6.07 Å². The van der Waals surface area contributed by atoms with Crippen molar-refractivity contribution in [3.63, 3.8) is 0 Å². The van der Waals surface area contributed by atoms with Crippen molar-refractivity contribution in [1.29, 1.82) is 0 Å². The van der Waals surface area contributed by atoms with E-state index in [4.69, 9.17) is 23.6 Å². The Labute approximate surface area is 181 Å². The van der Waals surface area contributed by atoms with Crippen LogP contribution in [0.1, 0.15) is 24.2 Å². The maximum atomic E-state index is 5.69. The molecule has 0 radical (unpaired) electrons. The molecule has 1 saturated heterocycles. The van der Waals surface area contributed by atoms with E-state index in [9.17, 15) is 0 Å². The lowest BCUT2D eigenvalue weighted by Crippen LogP contribution is -2.41. The van der Waals surface area contributed by atoms with Gasteiger partial charge in [0.1, 0.15) is 5.76 Å². The van der Waals surface area contributed by atoms with Gasteiger partial charge in [0.05, 0.1) is 18.9 Å². The van der Waals surface area contributed by atoms with Crippen molar-refractivity contribution in [2.45, 2.75) is 31.9 Å². The molecular formula is C20H26IN3O4. The predicted octanol–water partition coefficient (Wildman–Crippen LogP) is 3.08. The van der Waals surface area contributed by atoms with Gasteiger partial charge in [-0.3, -0.25) is 0 Å². The molecule has 0 bridgehead atoms. The van der Waals surface area contributed by atoms with Gasteiger partial charge in [-0.05, 0) is 42.7 Å². The number of guanidine groups is 1. The molecule has 2 aliphatic rings. The number of hydrogen-bond donors (Lipinski definition) is 2. The van der Waals surface area contributed by atoms with Gasteiger partial charge in [0.15, 0.2) is 17.5 Å². The quantitative estimate of drug-likeness (QED) is 0.347. The number of fused-ring (bicyclic) bond motifs is 1. The monoisotopic (exact) mass is 499 g/mol. The van der Waals surface area contributed by atoms with Crippen molar-refractivity contribution in [2.75, 3.05) is 26.5 Å². The van der Waals surface area contributed by atoms with E-state index in [1.54, 1.807) is 6.26 Å². The molecule has 152 valence electrons. The highest BCUT2D eigenvalue weighted by Crippen LogP contribution is 2.32. The molecule has 1 unspecified atom stereocenters. The molecule has 0 saturated carbocycles. The third-order valence-corrected chi connectivity index (χ3v) is 4.62. The van der Waals surface area contributed by atoms with Crippen molar-refractivity contribution in [3.05, 3.63) is 47.9 Å². The lowest BCUT2D eigenvalue weighted by atomic mass is 10.2. The molecule has 3 heterocycles. The molecule has 2 N–H and O–H groups in total. The van der Waals surface area contributed by atoms with Crippen LogP contribution in [0, 0.1) is 0 Å². The fourth-order valence-electron chi connectivity index (χ4n) is 3.16. The van der Waals surface area contributed by atoms with Crippen molar-refractivity contribution < 1.29 is 18.6 Å². The minimum absolute atomic E-state index is 0. The van der Waals surface area contributed by atoms with Crippen LogP contribution in [0.15, 0.2) is 46.0 Å². The number of furan rings is 1. The minimum atomic E-state index is 0. The van der Waals surface area contributed by atoms with Gasteiger partial charge in [0.25, 0.3) is 0 Å². The van der Waals surface area contributed by atoms with Gasteiger partial charge in [0, 0.05) is 26.1 Å². The summed E-state index contributed by atoms with van der Waals surface area (Å²) in [5.74, 6) is 3.30. The number of ether oxygens (including phenoxy) is 3. The molecule has 2 aliphatic heterocycles. The number of hydrogen-bond acceptors (Lipinski definition) is 5. The summed E-state index contributed by atoms with van der Waals surface area (Å²) in [6.45, 7) is 3.19. The average molecular weight is 499 g/mol. The first-order valence-electron chi connectivity index (χ1n) is 9.41. The van der Waals surface area contributed by atoms with Crippen molar-refractivity contribution >= 4 is 29.9 Å². The Hall–Kier alpha value is -1.94. The van der Waals surface area contributed by atoms with Crippen LogP contribution in [-0.2, 0) is 17.7 Å². The van der Waals surface area contributed by atoms with Crippen molar-refractivity contribution in [3.8, 4) is 11.5 Å². The van der Waals surface area contributed by atoms with E-state index in [1.165, 1.54) is 0 Å². The second kappa shape index (κ2) is 10.6. The molecule has 8 heteroatoms. The molecule has 1 atom stereocenters. The number of nitrogens with one attached hydrogen (secondary N) is 2. The lowest BCUT2D eigenvalue weighted by Gasteiger charge is -2.15. The molecule has 1 fully saturated rings. The van der Waals surface area contributed by atoms with Gasteiger partial charge in [-0.2, -0.15) is 0 Å². The molecule has 7 nitrogen and oxygen atoms in total. The van der Waals surface area contributed by atoms with E-state index >= 15 is 0 Å². The molecule has 0 spiro atoms. The van der Waals surface area contributed by atoms with Crippen LogP contribution in [0.3, 0.4) is 0 Å². The zero-order valence-electron chi connectivity index (χ0n) is 15.7. The summed E-state index contributed by atoms with van der Waals surface area (Å²) >= 11 is 0. The number of aliphatic imine (C=N–C) groups is 1. The van der Waals surface area contributed by atoms with Crippen LogP contribution in [0.5, 0.6) is 11.5 Å². The fourth-order valence-corrected chi connectivity index (χ4v) is 3.16. The lowest BCUT2D eigenvalue weighted by molar-refractivity contribution is 0.114. The number of rotatable bonds is 7. The Kier molecular flexibility index (Phi) is 7.84. The standard InChI is InChI=1S/C20H25N3O4.HI/c1-3-16(24-9-1)7-8-21-20(23-13-17-4-2-10-25-17)22-12-15-5-6-18-19(11-15)27-14-26-18;/h1,3,5-6,9,11,17H,2,4,7-8,10,12-14H2,(H2,21,22,23);1H. The molecule has 1 aromatic carbocycles. The zero-order valence-corrected chi connectivity index (χ0v) is 18.0. The molecule has 4 rings (SSSR count). The van der Waals surface area contributed by atoms with Crippen molar-refractivity contribution in [2.24, 2.45) is 4.99 Å². The first-order chi connectivity index (χ1) is 13.4. The highest BCUT2D eigenvalue weighted by atomic mass is 127. The summed E-state index contributed by atoms with van der Waals surface area (Å²) in [6.07, 6.45) is 4.97. The molecule has 1 aromatic heterocycles. The third kappa shape index (κ3) is 5.78. The SMILES string of the molecule is I.c1coc(CCNC(=NCc2ccc3c(c2)OCO3)NCC2CCCO2)c1. The summed E-state index contributed by atoms with van der Waals surface area (Å²) in [4.78, 5) is 4.71. The minimum Gasteiger partial charge on any atom is -0.469 e. The number of nitrogens with zero attached hydrogens (tertiary/aromatic N) is 1. The Morgan fingerprint density at radius 3 is 2.89 bits per heavy atom. The Bertz CT molecular complexity index is 761. The Morgan fingerprint density at radius 2 is 2.07 bits per heavy atom. The Balaban J connectivity index is 0.00000225. The zero-order chi connectivity index (χ0) is 18.3. The van der Waals surface area contributed by atoms with E-state index in [0.717, 1.165) is 67.7 Å². The summed E-state index contributed by atoms with van der Waals surface area (Å²) in [7, 11) is 0. The Morgan fingerprint density at radius 1 is 1.14 bits per heavy atom. The molecule has 2 aromatic rings.